The van der Waals surface area contributed by atoms with Crippen LogP contribution in [0.15, 0.2) is 34.3 Å². The molecule has 0 saturated heterocycles. The van der Waals surface area contributed by atoms with E-state index >= 15 is 0 Å². The third kappa shape index (κ3) is 3.60. The van der Waals surface area contributed by atoms with Crippen molar-refractivity contribution in [1.82, 2.24) is 4.90 Å². The highest BCUT2D eigenvalue weighted by Gasteiger charge is 2.28. The summed E-state index contributed by atoms with van der Waals surface area (Å²) in [6.07, 6.45) is 3.32. The summed E-state index contributed by atoms with van der Waals surface area (Å²) < 4.78 is 10.8. The Morgan fingerprint density at radius 3 is 3.18 bits per heavy atom. The van der Waals surface area contributed by atoms with Crippen molar-refractivity contribution in [2.24, 2.45) is 0 Å². The number of β-amino-alcohol motifs (C(OH)–C–C–N with tert-alkyl or cyclic N) is 1. The molecule has 1 aliphatic heterocycles. The summed E-state index contributed by atoms with van der Waals surface area (Å²) in [6.45, 7) is 4.64. The summed E-state index contributed by atoms with van der Waals surface area (Å²) in [4.78, 5) is 3.89. The van der Waals surface area contributed by atoms with Gasteiger partial charge in [0.2, 0.25) is 0 Å². The average Bonchev–Trinajstić information content (AvgIpc) is 3.17. The molecule has 5 heteroatoms. The summed E-state index contributed by atoms with van der Waals surface area (Å²) in [6, 6.07) is 6.38. The molecule has 22 heavy (non-hydrogen) atoms. The molecular weight excluding hydrogens is 298 g/mol. The smallest absolute Gasteiger partial charge is 0.129 e. The minimum absolute atomic E-state index is 0.337. The van der Waals surface area contributed by atoms with E-state index in [0.717, 1.165) is 25.1 Å². The number of fused-ring (bicyclic) bond motifs is 1. The molecule has 0 bridgehead atoms. The molecule has 1 N–H and O–H groups in total. The number of aliphatic hydroxyl groups excluding tert-OH is 1. The maximum atomic E-state index is 10.2. The Kier molecular flexibility index (Phi) is 5.31. The first-order chi connectivity index (χ1) is 10.8. The Balaban J connectivity index is 1.49. The van der Waals surface area contributed by atoms with Crippen LogP contribution in [0.5, 0.6) is 0 Å². The van der Waals surface area contributed by atoms with Gasteiger partial charge >= 0.3 is 0 Å². The fraction of sp³-hybridized carbons (Fsp3) is 0.529. The molecule has 4 nitrogen and oxygen atoms in total. The number of aliphatic hydroxyl groups is 1. The largest absolute Gasteiger partial charge is 0.467 e. The Labute approximate surface area is 135 Å². The lowest BCUT2D eigenvalue weighted by atomic mass is 9.97. The quantitative estimate of drug-likeness (QED) is 0.850. The fourth-order valence-corrected chi connectivity index (χ4v) is 4.09. The number of hydrogen-bond donors (Lipinski definition) is 1. The van der Waals surface area contributed by atoms with Crippen molar-refractivity contribution in [3.8, 4) is 0 Å². The molecule has 0 spiro atoms. The normalized spacial score (nSPS) is 20.0. The van der Waals surface area contributed by atoms with Crippen LogP contribution in [0.4, 0.5) is 0 Å². The molecule has 2 aromatic heterocycles. The van der Waals surface area contributed by atoms with E-state index in [-0.39, 0.29) is 0 Å². The third-order valence-corrected chi connectivity index (χ3v) is 5.17. The van der Waals surface area contributed by atoms with E-state index in [4.69, 9.17) is 9.15 Å². The van der Waals surface area contributed by atoms with E-state index in [9.17, 15) is 5.11 Å². The second-order valence-corrected chi connectivity index (χ2v) is 6.72. The highest BCUT2D eigenvalue weighted by molar-refractivity contribution is 7.10. The zero-order valence-electron chi connectivity index (χ0n) is 12.9. The molecule has 0 aliphatic carbocycles. The maximum absolute atomic E-state index is 10.2. The third-order valence-electron chi connectivity index (χ3n) is 4.17. The molecule has 0 saturated carbocycles. The molecule has 2 unspecified atom stereocenters. The Morgan fingerprint density at radius 2 is 2.41 bits per heavy atom. The molecule has 2 aromatic rings. The van der Waals surface area contributed by atoms with Gasteiger partial charge in [0.05, 0.1) is 19.0 Å². The van der Waals surface area contributed by atoms with Gasteiger partial charge in [0, 0.05) is 24.0 Å². The van der Waals surface area contributed by atoms with E-state index in [1.165, 1.54) is 10.4 Å². The van der Waals surface area contributed by atoms with Crippen LogP contribution in [0.3, 0.4) is 0 Å². The van der Waals surface area contributed by atoms with Crippen molar-refractivity contribution in [2.75, 3.05) is 19.7 Å². The molecular formula is C17H23NO3S. The van der Waals surface area contributed by atoms with Gasteiger partial charge in [-0.05, 0) is 42.0 Å². The molecule has 3 rings (SSSR count). The zero-order chi connectivity index (χ0) is 15.4. The van der Waals surface area contributed by atoms with Gasteiger partial charge in [0.25, 0.3) is 0 Å². The van der Waals surface area contributed by atoms with E-state index < -0.39 is 6.10 Å². The minimum atomic E-state index is -0.468. The zero-order valence-corrected chi connectivity index (χ0v) is 13.7. The van der Waals surface area contributed by atoms with Crippen LogP contribution < -0.4 is 0 Å². The summed E-state index contributed by atoms with van der Waals surface area (Å²) in [5.41, 5.74) is 1.45. The van der Waals surface area contributed by atoms with Crippen molar-refractivity contribution in [3.63, 3.8) is 0 Å². The predicted octanol–water partition coefficient (Wildman–Crippen LogP) is 3.23. The summed E-state index contributed by atoms with van der Waals surface area (Å²) in [7, 11) is 0. The molecule has 0 amide bonds. The van der Waals surface area contributed by atoms with Crippen LogP contribution in [0.2, 0.25) is 0 Å². The van der Waals surface area contributed by atoms with Crippen molar-refractivity contribution in [2.45, 2.75) is 38.5 Å². The lowest BCUT2D eigenvalue weighted by Crippen LogP contribution is -2.41. The van der Waals surface area contributed by atoms with Gasteiger partial charge in [-0.3, -0.25) is 4.90 Å². The van der Waals surface area contributed by atoms with Gasteiger partial charge < -0.3 is 14.3 Å². The highest BCUT2D eigenvalue weighted by Crippen LogP contribution is 2.35. The monoisotopic (exact) mass is 321 g/mol. The van der Waals surface area contributed by atoms with Gasteiger partial charge in [-0.25, -0.2) is 0 Å². The van der Waals surface area contributed by atoms with E-state index in [1.807, 2.05) is 23.5 Å². The van der Waals surface area contributed by atoms with E-state index in [2.05, 4.69) is 23.3 Å². The first-order valence-corrected chi connectivity index (χ1v) is 8.74. The van der Waals surface area contributed by atoms with Gasteiger partial charge in [-0.2, -0.15) is 0 Å². The lowest BCUT2D eigenvalue weighted by Gasteiger charge is -2.36. The molecule has 120 valence electrons. The van der Waals surface area contributed by atoms with Crippen molar-refractivity contribution in [3.05, 3.63) is 46.0 Å². The molecule has 0 radical (unpaired) electrons. The average molecular weight is 321 g/mol. The van der Waals surface area contributed by atoms with Crippen LogP contribution in [0.25, 0.3) is 0 Å². The number of rotatable bonds is 7. The fourth-order valence-electron chi connectivity index (χ4n) is 3.16. The molecule has 0 aromatic carbocycles. The number of furan rings is 1. The highest BCUT2D eigenvalue weighted by atomic mass is 32.1. The van der Waals surface area contributed by atoms with Crippen LogP contribution in [-0.4, -0.2) is 35.8 Å². The topological polar surface area (TPSA) is 45.8 Å². The number of thiophene rings is 1. The molecule has 1 aliphatic rings. The van der Waals surface area contributed by atoms with Crippen LogP contribution in [-0.2, 0) is 17.8 Å². The SMILES string of the molecule is CCC1c2ccsc2CCN1CC(O)COCc1ccco1. The van der Waals surface area contributed by atoms with Crippen LogP contribution in [0, 0.1) is 0 Å². The Bertz CT molecular complexity index is 566. The first kappa shape index (κ1) is 15.7. The molecule has 0 fully saturated rings. The number of ether oxygens (including phenoxy) is 1. The number of hydrogen-bond acceptors (Lipinski definition) is 5. The molecule has 3 heterocycles. The maximum Gasteiger partial charge on any atom is 0.129 e. The van der Waals surface area contributed by atoms with Gasteiger partial charge in [-0.15, -0.1) is 11.3 Å². The van der Waals surface area contributed by atoms with Crippen molar-refractivity contribution >= 4 is 11.3 Å². The second-order valence-electron chi connectivity index (χ2n) is 5.72. The number of nitrogens with zero attached hydrogens (tertiary/aromatic N) is 1. The lowest BCUT2D eigenvalue weighted by molar-refractivity contribution is -0.00377. The van der Waals surface area contributed by atoms with E-state index in [1.54, 1.807) is 6.26 Å². The van der Waals surface area contributed by atoms with Gasteiger partial charge in [-0.1, -0.05) is 6.92 Å². The minimum Gasteiger partial charge on any atom is -0.467 e. The van der Waals surface area contributed by atoms with Gasteiger partial charge in [0.1, 0.15) is 12.4 Å². The predicted molar refractivity (Wildman–Crippen MR) is 87.0 cm³/mol. The Hall–Kier alpha value is -1.14. The van der Waals surface area contributed by atoms with Crippen LogP contribution in [0.1, 0.15) is 35.6 Å². The van der Waals surface area contributed by atoms with Crippen molar-refractivity contribution in [1.29, 1.82) is 0 Å². The first-order valence-electron chi connectivity index (χ1n) is 7.86. The Morgan fingerprint density at radius 1 is 1.50 bits per heavy atom. The summed E-state index contributed by atoms with van der Waals surface area (Å²) >= 11 is 1.85. The molecule has 2 atom stereocenters. The van der Waals surface area contributed by atoms with Crippen molar-refractivity contribution < 1.29 is 14.3 Å². The van der Waals surface area contributed by atoms with E-state index in [0.29, 0.717) is 25.8 Å². The van der Waals surface area contributed by atoms with Gasteiger partial charge in [0.15, 0.2) is 0 Å². The second kappa shape index (κ2) is 7.42. The summed E-state index contributed by atoms with van der Waals surface area (Å²) in [5.74, 6) is 0.791. The standard InChI is InChI=1S/C17H23NO3S/c1-2-16-15-6-9-22-17(15)5-7-18(16)10-13(19)11-20-12-14-4-3-8-21-14/h3-4,6,8-9,13,16,19H,2,5,7,10-12H2,1H3. The summed E-state index contributed by atoms with van der Waals surface area (Å²) in [5, 5.41) is 12.4. The van der Waals surface area contributed by atoms with Crippen LogP contribution >= 0.6 is 11.3 Å².